The van der Waals surface area contributed by atoms with Crippen LogP contribution in [0.3, 0.4) is 0 Å². The molecular weight excluding hydrogens is 393 g/mol. The average molecular weight is 410 g/mol. The van der Waals surface area contributed by atoms with Gasteiger partial charge in [-0.1, -0.05) is 35.3 Å². The first-order valence-corrected chi connectivity index (χ1v) is 9.77. The molecule has 3 aliphatic rings. The Kier molecular flexibility index (Phi) is 4.40. The smallest absolute Gasteiger partial charge is 0.191 e. The van der Waals surface area contributed by atoms with E-state index in [0.717, 1.165) is 24.0 Å². The Balaban J connectivity index is 2.05. The van der Waals surface area contributed by atoms with Crippen LogP contribution in [-0.2, 0) is 0 Å². The molecule has 7 heteroatoms. The lowest BCUT2D eigenvalue weighted by atomic mass is 9.56. The van der Waals surface area contributed by atoms with Gasteiger partial charge in [-0.15, -0.1) is 0 Å². The molecule has 1 aliphatic carbocycles. The molecule has 0 radical (unpaired) electrons. The number of hydrogen-bond donors (Lipinski definition) is 1. The molecular formula is C21H17Cl2N5. The van der Waals surface area contributed by atoms with Gasteiger partial charge in [0, 0.05) is 23.9 Å². The van der Waals surface area contributed by atoms with Crippen molar-refractivity contribution in [2.75, 3.05) is 7.05 Å². The van der Waals surface area contributed by atoms with E-state index in [2.05, 4.69) is 36.2 Å². The Morgan fingerprint density at radius 2 is 1.86 bits per heavy atom. The van der Waals surface area contributed by atoms with E-state index in [1.54, 1.807) is 18.2 Å². The van der Waals surface area contributed by atoms with Crippen LogP contribution in [0, 0.1) is 45.3 Å². The van der Waals surface area contributed by atoms with Crippen LogP contribution in [0.5, 0.6) is 0 Å². The summed E-state index contributed by atoms with van der Waals surface area (Å²) in [6.07, 6.45) is 3.98. The fraction of sp³-hybridized carbons (Fsp3) is 0.381. The third-order valence-corrected chi connectivity index (χ3v) is 7.26. The zero-order valence-electron chi connectivity index (χ0n) is 15.2. The number of rotatable bonds is 1. The van der Waals surface area contributed by atoms with E-state index in [1.165, 1.54) is 0 Å². The maximum Gasteiger partial charge on any atom is 0.191 e. The predicted molar refractivity (Wildman–Crippen MR) is 106 cm³/mol. The highest BCUT2D eigenvalue weighted by Gasteiger charge is 2.58. The van der Waals surface area contributed by atoms with Crippen LogP contribution >= 0.6 is 23.2 Å². The van der Waals surface area contributed by atoms with Crippen LogP contribution in [0.4, 0.5) is 0 Å². The largest absolute Gasteiger partial charge is 0.399 e. The van der Waals surface area contributed by atoms with Crippen LogP contribution in [-0.4, -0.2) is 24.0 Å². The van der Waals surface area contributed by atoms with Crippen molar-refractivity contribution in [3.05, 3.63) is 56.7 Å². The molecule has 1 aromatic carbocycles. The molecule has 0 spiro atoms. The summed E-state index contributed by atoms with van der Waals surface area (Å²) >= 11 is 12.4. The minimum absolute atomic E-state index is 0.0301. The lowest BCUT2D eigenvalue weighted by Gasteiger charge is -2.48. The summed E-state index contributed by atoms with van der Waals surface area (Å²) in [6.45, 7) is 0. The number of likely N-dealkylation sites (N-methyl/N-ethyl adjacent to an activating group) is 1. The van der Waals surface area contributed by atoms with Crippen LogP contribution in [0.15, 0.2) is 41.1 Å². The van der Waals surface area contributed by atoms with Crippen LogP contribution < -0.4 is 5.73 Å². The van der Waals surface area contributed by atoms with E-state index < -0.39 is 11.3 Å². The van der Waals surface area contributed by atoms with E-state index in [-0.39, 0.29) is 29.3 Å². The molecule has 1 fully saturated rings. The van der Waals surface area contributed by atoms with Crippen molar-refractivity contribution >= 4 is 23.2 Å². The number of nitrogens with zero attached hydrogens (tertiary/aromatic N) is 4. The zero-order valence-corrected chi connectivity index (χ0v) is 16.7. The molecule has 2 unspecified atom stereocenters. The van der Waals surface area contributed by atoms with Gasteiger partial charge in [-0.3, -0.25) is 4.90 Å². The van der Waals surface area contributed by atoms with E-state index >= 15 is 0 Å². The van der Waals surface area contributed by atoms with Gasteiger partial charge >= 0.3 is 0 Å². The van der Waals surface area contributed by atoms with Crippen molar-refractivity contribution in [2.45, 2.75) is 30.8 Å². The zero-order chi connectivity index (χ0) is 20.2. The molecule has 0 amide bonds. The van der Waals surface area contributed by atoms with Crippen molar-refractivity contribution in [1.29, 1.82) is 15.8 Å². The van der Waals surface area contributed by atoms with Gasteiger partial charge in [0.1, 0.15) is 6.07 Å². The van der Waals surface area contributed by atoms with Crippen molar-refractivity contribution in [3.8, 4) is 18.2 Å². The summed E-state index contributed by atoms with van der Waals surface area (Å²) in [5.74, 6) is -0.755. The predicted octanol–water partition coefficient (Wildman–Crippen LogP) is 3.88. The summed E-state index contributed by atoms with van der Waals surface area (Å²) in [4.78, 5) is 2.27. The average Bonchev–Trinajstić information content (AvgIpc) is 2.93. The molecule has 140 valence electrons. The Hall–Kier alpha value is -2.49. The second kappa shape index (κ2) is 6.54. The van der Waals surface area contributed by atoms with E-state index in [0.29, 0.717) is 10.0 Å². The maximum absolute atomic E-state index is 10.1. The number of hydrogen-bond acceptors (Lipinski definition) is 5. The summed E-state index contributed by atoms with van der Waals surface area (Å²) in [7, 11) is 2.05. The van der Waals surface area contributed by atoms with Gasteiger partial charge in [-0.25, -0.2) is 0 Å². The lowest BCUT2D eigenvalue weighted by molar-refractivity contribution is 0.160. The van der Waals surface area contributed by atoms with Crippen molar-refractivity contribution in [2.24, 2.45) is 17.1 Å². The van der Waals surface area contributed by atoms with Gasteiger partial charge in [-0.05, 0) is 43.2 Å². The molecule has 5 nitrogen and oxygen atoms in total. The summed E-state index contributed by atoms with van der Waals surface area (Å²) in [5, 5.41) is 30.8. The number of nitriles is 3. The highest BCUT2D eigenvalue weighted by Crippen LogP contribution is 2.58. The molecule has 0 saturated carbocycles. The van der Waals surface area contributed by atoms with Gasteiger partial charge in [-0.2, -0.15) is 15.8 Å². The summed E-state index contributed by atoms with van der Waals surface area (Å²) in [5.41, 5.74) is 6.57. The summed E-state index contributed by atoms with van der Waals surface area (Å²) in [6, 6.07) is 12.0. The minimum atomic E-state index is -1.65. The number of benzene rings is 1. The fourth-order valence-electron chi connectivity index (χ4n) is 5.17. The van der Waals surface area contributed by atoms with Gasteiger partial charge in [0.05, 0.1) is 33.5 Å². The van der Waals surface area contributed by atoms with E-state index in [1.807, 2.05) is 0 Å². The lowest BCUT2D eigenvalue weighted by Crippen LogP contribution is -2.51. The van der Waals surface area contributed by atoms with Gasteiger partial charge in [0.25, 0.3) is 0 Å². The summed E-state index contributed by atoms with van der Waals surface area (Å²) < 4.78 is 0. The first-order chi connectivity index (χ1) is 13.4. The van der Waals surface area contributed by atoms with Crippen molar-refractivity contribution in [1.82, 2.24) is 4.90 Å². The maximum atomic E-state index is 10.1. The second-order valence-electron chi connectivity index (χ2n) is 7.61. The molecule has 4 atom stereocenters. The SMILES string of the molecule is CN1C2C=C3C(C#N)=C(N)C(C#N)(C#N)[C@@H](c4ccc(Cl)c(Cl)c4)[C@@H]3C1CC2. The Labute approximate surface area is 173 Å². The topological polar surface area (TPSA) is 101 Å². The minimum Gasteiger partial charge on any atom is -0.399 e. The van der Waals surface area contributed by atoms with Gasteiger partial charge in [0.2, 0.25) is 0 Å². The monoisotopic (exact) mass is 409 g/mol. The standard InChI is InChI=1S/C21H17Cl2N5/c1-28-12-3-5-17(28)18-13(7-12)14(8-24)20(27)21(9-25,10-26)19(18)11-2-4-15(22)16(23)6-11/h2,4,6-7,12,17-19H,3,5,27H2,1H3/t12?,17?,18-,19-/m0/s1. The normalized spacial score (nSPS) is 30.6. The molecule has 2 aliphatic heterocycles. The highest BCUT2D eigenvalue weighted by molar-refractivity contribution is 6.42. The first kappa shape index (κ1) is 18.9. The number of fused-ring (bicyclic) bond motifs is 4. The highest BCUT2D eigenvalue weighted by atomic mass is 35.5. The Bertz CT molecular complexity index is 1040. The molecule has 4 rings (SSSR count). The number of halogens is 2. The molecule has 0 aromatic heterocycles. The molecule has 1 aromatic rings. The van der Waals surface area contributed by atoms with Crippen LogP contribution in [0.1, 0.15) is 24.3 Å². The van der Waals surface area contributed by atoms with Crippen molar-refractivity contribution < 1.29 is 0 Å². The van der Waals surface area contributed by atoms with Crippen LogP contribution in [0.2, 0.25) is 10.0 Å². The Morgan fingerprint density at radius 3 is 2.46 bits per heavy atom. The molecule has 1 saturated heterocycles. The van der Waals surface area contributed by atoms with Crippen LogP contribution in [0.25, 0.3) is 0 Å². The van der Waals surface area contributed by atoms with Gasteiger partial charge < -0.3 is 5.73 Å². The fourth-order valence-corrected chi connectivity index (χ4v) is 5.47. The van der Waals surface area contributed by atoms with Crippen molar-refractivity contribution in [3.63, 3.8) is 0 Å². The second-order valence-corrected chi connectivity index (χ2v) is 8.42. The molecule has 2 heterocycles. The molecule has 2 bridgehead atoms. The number of allylic oxidation sites excluding steroid dienone is 2. The molecule has 2 N–H and O–H groups in total. The first-order valence-electron chi connectivity index (χ1n) is 9.01. The number of nitrogens with two attached hydrogens (primary N) is 1. The molecule has 28 heavy (non-hydrogen) atoms. The van der Waals surface area contributed by atoms with E-state index in [9.17, 15) is 15.8 Å². The third kappa shape index (κ3) is 2.33. The quantitative estimate of drug-likeness (QED) is 0.757. The van der Waals surface area contributed by atoms with Gasteiger partial charge in [0.15, 0.2) is 5.41 Å². The van der Waals surface area contributed by atoms with E-state index in [4.69, 9.17) is 28.9 Å². The Morgan fingerprint density at radius 1 is 1.14 bits per heavy atom. The third-order valence-electron chi connectivity index (χ3n) is 6.53.